The second-order valence-electron chi connectivity index (χ2n) is 7.77. The third kappa shape index (κ3) is 3.27. The van der Waals surface area contributed by atoms with Gasteiger partial charge in [-0.2, -0.15) is 5.10 Å². The van der Waals surface area contributed by atoms with Gasteiger partial charge in [0, 0.05) is 28.8 Å². The van der Waals surface area contributed by atoms with Crippen molar-refractivity contribution in [2.75, 3.05) is 5.32 Å². The lowest BCUT2D eigenvalue weighted by molar-refractivity contribution is 0.102. The lowest BCUT2D eigenvalue weighted by Gasteiger charge is -2.10. The van der Waals surface area contributed by atoms with E-state index in [-0.39, 0.29) is 5.91 Å². The van der Waals surface area contributed by atoms with Crippen LogP contribution in [-0.4, -0.2) is 15.7 Å². The Labute approximate surface area is 159 Å². The summed E-state index contributed by atoms with van der Waals surface area (Å²) in [5.74, 6) is 1.25. The van der Waals surface area contributed by atoms with Gasteiger partial charge in [0.25, 0.3) is 5.91 Å². The summed E-state index contributed by atoms with van der Waals surface area (Å²) in [6, 6.07) is 17.9. The first-order valence-electron chi connectivity index (χ1n) is 9.76. The van der Waals surface area contributed by atoms with Crippen LogP contribution in [0.25, 0.3) is 5.69 Å². The second-order valence-corrected chi connectivity index (χ2v) is 7.77. The summed E-state index contributed by atoms with van der Waals surface area (Å²) in [4.78, 5) is 12.5. The van der Waals surface area contributed by atoms with Crippen LogP contribution in [0.3, 0.4) is 0 Å². The highest BCUT2D eigenvalue weighted by Gasteiger charge is 2.32. The van der Waals surface area contributed by atoms with Gasteiger partial charge in [0.05, 0.1) is 11.4 Å². The summed E-state index contributed by atoms with van der Waals surface area (Å²) in [5, 5.41) is 7.88. The standard InChI is InChI=1S/C23H23N3O/c1-15-4-2-3-5-20(15)23(27)24-18-10-12-19(13-11-18)26-22(17-8-9-17)14-21(25-26)16-6-7-16/h2-5,10-14,16-17H,6-9H2,1H3,(H,24,27). The first-order chi connectivity index (χ1) is 13.2. The van der Waals surface area contributed by atoms with Crippen LogP contribution < -0.4 is 5.32 Å². The Morgan fingerprint density at radius 1 is 1.00 bits per heavy atom. The number of carbonyl (C=O) groups excluding carboxylic acids is 1. The monoisotopic (exact) mass is 357 g/mol. The fourth-order valence-electron chi connectivity index (χ4n) is 3.58. The van der Waals surface area contributed by atoms with E-state index in [2.05, 4.69) is 16.1 Å². The van der Waals surface area contributed by atoms with Crippen molar-refractivity contribution in [3.63, 3.8) is 0 Å². The molecule has 1 aromatic heterocycles. The molecule has 0 radical (unpaired) electrons. The zero-order valence-electron chi connectivity index (χ0n) is 15.5. The first kappa shape index (κ1) is 16.3. The van der Waals surface area contributed by atoms with Crippen molar-refractivity contribution >= 4 is 11.6 Å². The molecule has 0 bridgehead atoms. The molecule has 27 heavy (non-hydrogen) atoms. The Bertz CT molecular complexity index is 995. The minimum atomic E-state index is -0.0744. The average molecular weight is 357 g/mol. The molecular formula is C23H23N3O. The van der Waals surface area contributed by atoms with Crippen LogP contribution in [0.4, 0.5) is 5.69 Å². The molecule has 2 aliphatic rings. The number of amides is 1. The van der Waals surface area contributed by atoms with Crippen molar-refractivity contribution < 1.29 is 4.79 Å². The highest BCUT2D eigenvalue weighted by molar-refractivity contribution is 6.05. The summed E-state index contributed by atoms with van der Waals surface area (Å²) in [6.07, 6.45) is 5.07. The number of benzene rings is 2. The summed E-state index contributed by atoms with van der Waals surface area (Å²) in [7, 11) is 0. The molecule has 0 aliphatic heterocycles. The quantitative estimate of drug-likeness (QED) is 0.683. The van der Waals surface area contributed by atoms with Crippen molar-refractivity contribution in [3.8, 4) is 5.69 Å². The van der Waals surface area contributed by atoms with Gasteiger partial charge in [-0.25, -0.2) is 4.68 Å². The fraction of sp³-hybridized carbons (Fsp3) is 0.304. The lowest BCUT2D eigenvalue weighted by atomic mass is 10.1. The number of nitrogens with one attached hydrogen (secondary N) is 1. The van der Waals surface area contributed by atoms with Gasteiger partial charge in [-0.05, 0) is 74.6 Å². The molecule has 4 heteroatoms. The number of carbonyl (C=O) groups is 1. The SMILES string of the molecule is Cc1ccccc1C(=O)Nc1ccc(-n2nc(C3CC3)cc2C2CC2)cc1. The minimum Gasteiger partial charge on any atom is -0.322 e. The third-order valence-electron chi connectivity index (χ3n) is 5.51. The molecule has 2 aromatic carbocycles. The number of hydrogen-bond donors (Lipinski definition) is 1. The Balaban J connectivity index is 1.38. The Morgan fingerprint density at radius 2 is 1.70 bits per heavy atom. The first-order valence-corrected chi connectivity index (χ1v) is 9.76. The molecule has 2 aliphatic carbocycles. The number of aromatic nitrogens is 2. The zero-order valence-corrected chi connectivity index (χ0v) is 15.5. The fourth-order valence-corrected chi connectivity index (χ4v) is 3.58. The van der Waals surface area contributed by atoms with Gasteiger partial charge in [-0.1, -0.05) is 18.2 Å². The van der Waals surface area contributed by atoms with Gasteiger partial charge >= 0.3 is 0 Å². The van der Waals surface area contributed by atoms with Crippen molar-refractivity contribution in [2.24, 2.45) is 0 Å². The molecule has 4 nitrogen and oxygen atoms in total. The molecule has 1 amide bonds. The van der Waals surface area contributed by atoms with Gasteiger partial charge in [0.1, 0.15) is 0 Å². The maximum Gasteiger partial charge on any atom is 0.255 e. The van der Waals surface area contributed by atoms with E-state index in [0.717, 1.165) is 16.9 Å². The van der Waals surface area contributed by atoms with Crippen LogP contribution in [0.1, 0.15) is 64.8 Å². The van der Waals surface area contributed by atoms with Gasteiger partial charge in [-0.3, -0.25) is 4.79 Å². The Hall–Kier alpha value is -2.88. The van der Waals surface area contributed by atoms with E-state index in [1.807, 2.05) is 55.5 Å². The van der Waals surface area contributed by atoms with Gasteiger partial charge < -0.3 is 5.32 Å². The van der Waals surface area contributed by atoms with E-state index < -0.39 is 0 Å². The highest BCUT2D eigenvalue weighted by Crippen LogP contribution is 2.45. The minimum absolute atomic E-state index is 0.0744. The molecule has 0 spiro atoms. The molecule has 0 atom stereocenters. The van der Waals surface area contributed by atoms with Crippen LogP contribution in [0, 0.1) is 6.92 Å². The average Bonchev–Trinajstić information content (AvgIpc) is 3.61. The van der Waals surface area contributed by atoms with Crippen molar-refractivity contribution in [1.82, 2.24) is 9.78 Å². The van der Waals surface area contributed by atoms with Crippen LogP contribution in [0.5, 0.6) is 0 Å². The summed E-state index contributed by atoms with van der Waals surface area (Å²) >= 11 is 0. The maximum absolute atomic E-state index is 12.5. The van der Waals surface area contributed by atoms with E-state index in [4.69, 9.17) is 5.10 Å². The number of rotatable bonds is 5. The molecule has 0 unspecified atom stereocenters. The zero-order chi connectivity index (χ0) is 18.4. The van der Waals surface area contributed by atoms with E-state index >= 15 is 0 Å². The molecule has 136 valence electrons. The number of aryl methyl sites for hydroxylation is 1. The molecule has 2 saturated carbocycles. The van der Waals surface area contributed by atoms with Crippen LogP contribution in [0.15, 0.2) is 54.6 Å². The molecular weight excluding hydrogens is 334 g/mol. The molecule has 1 heterocycles. The second kappa shape index (κ2) is 6.38. The van der Waals surface area contributed by atoms with Gasteiger partial charge in [-0.15, -0.1) is 0 Å². The van der Waals surface area contributed by atoms with Gasteiger partial charge in [0.2, 0.25) is 0 Å². The number of nitrogens with zero attached hydrogens (tertiary/aromatic N) is 2. The summed E-state index contributed by atoms with van der Waals surface area (Å²) < 4.78 is 2.11. The van der Waals surface area contributed by atoms with Crippen molar-refractivity contribution in [2.45, 2.75) is 44.4 Å². The van der Waals surface area contributed by atoms with Crippen LogP contribution >= 0.6 is 0 Å². The van der Waals surface area contributed by atoms with E-state index in [9.17, 15) is 4.79 Å². The van der Waals surface area contributed by atoms with E-state index in [1.165, 1.54) is 37.1 Å². The Kier molecular flexibility index (Phi) is 3.85. The molecule has 2 fully saturated rings. The van der Waals surface area contributed by atoms with Crippen LogP contribution in [0.2, 0.25) is 0 Å². The van der Waals surface area contributed by atoms with Crippen LogP contribution in [-0.2, 0) is 0 Å². The smallest absolute Gasteiger partial charge is 0.255 e. The van der Waals surface area contributed by atoms with E-state index in [0.29, 0.717) is 17.4 Å². The normalized spacial score (nSPS) is 16.3. The summed E-state index contributed by atoms with van der Waals surface area (Å²) in [5.41, 5.74) is 6.14. The van der Waals surface area contributed by atoms with Gasteiger partial charge in [0.15, 0.2) is 0 Å². The lowest BCUT2D eigenvalue weighted by Crippen LogP contribution is -2.13. The molecule has 3 aromatic rings. The predicted molar refractivity (Wildman–Crippen MR) is 107 cm³/mol. The number of anilines is 1. The van der Waals surface area contributed by atoms with Crippen molar-refractivity contribution in [1.29, 1.82) is 0 Å². The molecule has 0 saturated heterocycles. The molecule has 5 rings (SSSR count). The topological polar surface area (TPSA) is 46.9 Å². The predicted octanol–water partition coefficient (Wildman–Crippen LogP) is 5.19. The largest absolute Gasteiger partial charge is 0.322 e. The third-order valence-corrected chi connectivity index (χ3v) is 5.51. The Morgan fingerprint density at radius 3 is 2.37 bits per heavy atom. The summed E-state index contributed by atoms with van der Waals surface area (Å²) in [6.45, 7) is 1.95. The highest BCUT2D eigenvalue weighted by atomic mass is 16.1. The maximum atomic E-state index is 12.5. The van der Waals surface area contributed by atoms with E-state index in [1.54, 1.807) is 0 Å². The molecule has 1 N–H and O–H groups in total. The van der Waals surface area contributed by atoms with Crippen molar-refractivity contribution in [3.05, 3.63) is 77.1 Å². The number of hydrogen-bond acceptors (Lipinski definition) is 2.